The Labute approximate surface area is 133 Å². The Kier molecular flexibility index (Phi) is 4.46. The van der Waals surface area contributed by atoms with Crippen molar-refractivity contribution in [1.82, 2.24) is 4.90 Å². The smallest absolute Gasteiger partial charge is 0.321 e. The lowest BCUT2D eigenvalue weighted by atomic mass is 9.95. The van der Waals surface area contributed by atoms with Crippen LogP contribution >= 0.6 is 22.9 Å². The standard InChI is InChI=1S/C16H17ClN2OS/c17-13-4-1-2-5-14(13)18-16(20)19-9-7-12(8-10-19)15-6-3-11-21-15/h1-6,11-12H,7-10H2,(H,18,20). The van der Waals surface area contributed by atoms with Crippen LogP contribution in [0.1, 0.15) is 23.6 Å². The molecular weight excluding hydrogens is 304 g/mol. The summed E-state index contributed by atoms with van der Waals surface area (Å²) in [5.74, 6) is 0.592. The number of thiophene rings is 1. The van der Waals surface area contributed by atoms with Gasteiger partial charge in [-0.05, 0) is 42.3 Å². The zero-order valence-corrected chi connectivity index (χ0v) is 13.2. The number of hydrogen-bond donors (Lipinski definition) is 1. The summed E-state index contributed by atoms with van der Waals surface area (Å²) in [6, 6.07) is 11.5. The predicted octanol–water partition coefficient (Wildman–Crippen LogP) is 4.81. The molecule has 1 saturated heterocycles. The van der Waals surface area contributed by atoms with E-state index in [1.807, 2.05) is 34.4 Å². The van der Waals surface area contributed by atoms with E-state index in [1.54, 1.807) is 6.07 Å². The van der Waals surface area contributed by atoms with E-state index in [1.165, 1.54) is 4.88 Å². The molecule has 1 N–H and O–H groups in total. The maximum absolute atomic E-state index is 12.3. The number of halogens is 1. The number of carbonyl (C=O) groups excluding carboxylic acids is 1. The van der Waals surface area contributed by atoms with Gasteiger partial charge in [0.2, 0.25) is 0 Å². The average Bonchev–Trinajstić information content (AvgIpc) is 3.04. The number of likely N-dealkylation sites (tertiary alicyclic amines) is 1. The number of nitrogens with one attached hydrogen (secondary N) is 1. The highest BCUT2D eigenvalue weighted by Gasteiger charge is 2.24. The molecular formula is C16H17ClN2OS. The summed E-state index contributed by atoms with van der Waals surface area (Å²) < 4.78 is 0. The summed E-state index contributed by atoms with van der Waals surface area (Å²) in [6.07, 6.45) is 2.05. The number of rotatable bonds is 2. The van der Waals surface area contributed by atoms with Crippen molar-refractivity contribution in [2.45, 2.75) is 18.8 Å². The lowest BCUT2D eigenvalue weighted by Crippen LogP contribution is -2.40. The molecule has 1 aromatic heterocycles. The van der Waals surface area contributed by atoms with Crippen LogP contribution in [-0.4, -0.2) is 24.0 Å². The minimum atomic E-state index is -0.0623. The second kappa shape index (κ2) is 6.50. The number of piperidine rings is 1. The summed E-state index contributed by atoms with van der Waals surface area (Å²) in [4.78, 5) is 15.6. The number of anilines is 1. The molecule has 5 heteroatoms. The van der Waals surface area contributed by atoms with Gasteiger partial charge in [-0.15, -0.1) is 11.3 Å². The highest BCUT2D eigenvalue weighted by atomic mass is 35.5. The second-order valence-electron chi connectivity index (χ2n) is 5.19. The zero-order chi connectivity index (χ0) is 14.7. The molecule has 2 aromatic rings. The van der Waals surface area contributed by atoms with E-state index in [2.05, 4.69) is 22.8 Å². The summed E-state index contributed by atoms with van der Waals surface area (Å²) >= 11 is 7.87. The SMILES string of the molecule is O=C(Nc1ccccc1Cl)N1CCC(c2cccs2)CC1. The Morgan fingerprint density at radius 1 is 1.19 bits per heavy atom. The minimum Gasteiger partial charge on any atom is -0.324 e. The molecule has 1 aliphatic rings. The van der Waals surface area contributed by atoms with Gasteiger partial charge in [-0.25, -0.2) is 4.79 Å². The van der Waals surface area contributed by atoms with E-state index in [-0.39, 0.29) is 6.03 Å². The molecule has 2 amide bonds. The Morgan fingerprint density at radius 2 is 1.95 bits per heavy atom. The molecule has 0 spiro atoms. The molecule has 3 rings (SSSR count). The third kappa shape index (κ3) is 3.39. The molecule has 0 aliphatic carbocycles. The molecule has 1 fully saturated rings. The number of para-hydroxylation sites is 1. The maximum atomic E-state index is 12.3. The predicted molar refractivity (Wildman–Crippen MR) is 88.3 cm³/mol. The number of nitrogens with zero attached hydrogens (tertiary/aromatic N) is 1. The molecule has 3 nitrogen and oxygen atoms in total. The van der Waals surface area contributed by atoms with Crippen molar-refractivity contribution in [2.24, 2.45) is 0 Å². The Hall–Kier alpha value is -1.52. The van der Waals surface area contributed by atoms with Crippen LogP contribution in [0.5, 0.6) is 0 Å². The first-order chi connectivity index (χ1) is 10.2. The van der Waals surface area contributed by atoms with Gasteiger partial charge in [0.05, 0.1) is 10.7 Å². The molecule has 0 unspecified atom stereocenters. The first-order valence-electron chi connectivity index (χ1n) is 7.08. The van der Waals surface area contributed by atoms with Crippen molar-refractivity contribution in [2.75, 3.05) is 18.4 Å². The van der Waals surface area contributed by atoms with Gasteiger partial charge in [-0.1, -0.05) is 29.8 Å². The lowest BCUT2D eigenvalue weighted by Gasteiger charge is -2.31. The highest BCUT2D eigenvalue weighted by molar-refractivity contribution is 7.10. The fraction of sp³-hybridized carbons (Fsp3) is 0.312. The highest BCUT2D eigenvalue weighted by Crippen LogP contribution is 2.31. The van der Waals surface area contributed by atoms with Gasteiger partial charge >= 0.3 is 6.03 Å². The van der Waals surface area contributed by atoms with Gasteiger partial charge < -0.3 is 10.2 Å². The number of benzene rings is 1. The molecule has 0 atom stereocenters. The van der Waals surface area contributed by atoms with Crippen LogP contribution in [0.4, 0.5) is 10.5 Å². The summed E-state index contributed by atoms with van der Waals surface area (Å²) in [5, 5.41) is 5.57. The van der Waals surface area contributed by atoms with Gasteiger partial charge in [0, 0.05) is 18.0 Å². The van der Waals surface area contributed by atoms with Crippen molar-refractivity contribution in [3.8, 4) is 0 Å². The molecule has 110 valence electrons. The summed E-state index contributed by atoms with van der Waals surface area (Å²) in [7, 11) is 0. The van der Waals surface area contributed by atoms with E-state index in [9.17, 15) is 4.79 Å². The largest absolute Gasteiger partial charge is 0.324 e. The van der Waals surface area contributed by atoms with Gasteiger partial charge in [0.1, 0.15) is 0 Å². The van der Waals surface area contributed by atoms with Gasteiger partial charge in [-0.3, -0.25) is 0 Å². The molecule has 21 heavy (non-hydrogen) atoms. The van der Waals surface area contributed by atoms with Crippen molar-refractivity contribution in [3.05, 3.63) is 51.7 Å². The van der Waals surface area contributed by atoms with Crippen LogP contribution in [0.3, 0.4) is 0 Å². The van der Waals surface area contributed by atoms with Crippen LogP contribution in [0.15, 0.2) is 41.8 Å². The summed E-state index contributed by atoms with van der Waals surface area (Å²) in [5.41, 5.74) is 0.671. The molecule has 0 radical (unpaired) electrons. The third-order valence-electron chi connectivity index (χ3n) is 3.84. The quantitative estimate of drug-likeness (QED) is 0.846. The normalized spacial score (nSPS) is 16.0. The maximum Gasteiger partial charge on any atom is 0.321 e. The molecule has 1 aliphatic heterocycles. The number of amides is 2. The minimum absolute atomic E-state index is 0.0623. The Balaban J connectivity index is 1.57. The van der Waals surface area contributed by atoms with Crippen molar-refractivity contribution >= 4 is 34.7 Å². The third-order valence-corrected chi connectivity index (χ3v) is 5.21. The van der Waals surface area contributed by atoms with E-state index in [0.29, 0.717) is 16.6 Å². The second-order valence-corrected chi connectivity index (χ2v) is 6.57. The lowest BCUT2D eigenvalue weighted by molar-refractivity contribution is 0.195. The molecule has 0 saturated carbocycles. The molecule has 2 heterocycles. The van der Waals surface area contributed by atoms with Crippen LogP contribution in [0, 0.1) is 0 Å². The van der Waals surface area contributed by atoms with Crippen molar-refractivity contribution < 1.29 is 4.79 Å². The van der Waals surface area contributed by atoms with E-state index in [0.717, 1.165) is 25.9 Å². The van der Waals surface area contributed by atoms with Gasteiger partial charge in [0.25, 0.3) is 0 Å². The van der Waals surface area contributed by atoms with E-state index >= 15 is 0 Å². The van der Waals surface area contributed by atoms with Crippen LogP contribution in [0.2, 0.25) is 5.02 Å². The fourth-order valence-corrected chi connectivity index (χ4v) is 3.73. The average molecular weight is 321 g/mol. The zero-order valence-electron chi connectivity index (χ0n) is 11.6. The van der Waals surface area contributed by atoms with Crippen molar-refractivity contribution in [3.63, 3.8) is 0 Å². The van der Waals surface area contributed by atoms with E-state index in [4.69, 9.17) is 11.6 Å². The fourth-order valence-electron chi connectivity index (χ4n) is 2.65. The van der Waals surface area contributed by atoms with Crippen LogP contribution in [-0.2, 0) is 0 Å². The Bertz CT molecular complexity index is 606. The number of carbonyl (C=O) groups is 1. The summed E-state index contributed by atoms with van der Waals surface area (Å²) in [6.45, 7) is 1.58. The van der Waals surface area contributed by atoms with E-state index < -0.39 is 0 Å². The van der Waals surface area contributed by atoms with Crippen LogP contribution < -0.4 is 5.32 Å². The number of urea groups is 1. The van der Waals surface area contributed by atoms with Gasteiger partial charge in [-0.2, -0.15) is 0 Å². The first kappa shape index (κ1) is 14.4. The molecule has 0 bridgehead atoms. The first-order valence-corrected chi connectivity index (χ1v) is 8.33. The Morgan fingerprint density at radius 3 is 2.62 bits per heavy atom. The van der Waals surface area contributed by atoms with Crippen molar-refractivity contribution in [1.29, 1.82) is 0 Å². The number of hydrogen-bond acceptors (Lipinski definition) is 2. The molecule has 1 aromatic carbocycles. The van der Waals surface area contributed by atoms with Crippen LogP contribution in [0.25, 0.3) is 0 Å². The van der Waals surface area contributed by atoms with Gasteiger partial charge in [0.15, 0.2) is 0 Å². The monoisotopic (exact) mass is 320 g/mol. The topological polar surface area (TPSA) is 32.3 Å².